The Morgan fingerprint density at radius 1 is 1.15 bits per heavy atom. The SMILES string of the molecule is Cc1ccc(NC(=O)c2noc(C)c2COc2ccc(F)cc2)cc1F. The highest BCUT2D eigenvalue weighted by Gasteiger charge is 2.21. The molecule has 0 saturated carbocycles. The van der Waals surface area contributed by atoms with Crippen LogP contribution in [0.2, 0.25) is 0 Å². The standard InChI is InChI=1S/C19H16F2N2O3/c1-11-3-6-14(9-17(11)21)22-19(24)18-16(12(2)26-23-18)10-25-15-7-4-13(20)5-8-15/h3-9H,10H2,1-2H3,(H,22,24). The lowest BCUT2D eigenvalue weighted by atomic mass is 10.2. The fourth-order valence-electron chi connectivity index (χ4n) is 2.29. The molecule has 0 unspecified atom stereocenters. The summed E-state index contributed by atoms with van der Waals surface area (Å²) in [7, 11) is 0. The van der Waals surface area contributed by atoms with E-state index in [0.29, 0.717) is 28.3 Å². The van der Waals surface area contributed by atoms with Crippen LogP contribution in [-0.2, 0) is 6.61 Å². The van der Waals surface area contributed by atoms with Gasteiger partial charge in [-0.15, -0.1) is 0 Å². The third-order valence-electron chi connectivity index (χ3n) is 3.83. The second kappa shape index (κ2) is 7.35. The quantitative estimate of drug-likeness (QED) is 0.734. The fourth-order valence-corrected chi connectivity index (χ4v) is 2.29. The van der Waals surface area contributed by atoms with Gasteiger partial charge in [0, 0.05) is 5.69 Å². The van der Waals surface area contributed by atoms with E-state index < -0.39 is 11.7 Å². The molecular weight excluding hydrogens is 342 g/mol. The summed E-state index contributed by atoms with van der Waals surface area (Å²) in [5, 5.41) is 6.34. The summed E-state index contributed by atoms with van der Waals surface area (Å²) < 4.78 is 37.2. The molecule has 0 bridgehead atoms. The molecule has 5 nitrogen and oxygen atoms in total. The van der Waals surface area contributed by atoms with E-state index in [1.807, 2.05) is 0 Å². The van der Waals surface area contributed by atoms with Gasteiger partial charge in [0.2, 0.25) is 0 Å². The molecule has 0 spiro atoms. The van der Waals surface area contributed by atoms with Crippen LogP contribution in [0.4, 0.5) is 14.5 Å². The molecule has 0 saturated heterocycles. The van der Waals surface area contributed by atoms with Crippen LogP contribution in [0.15, 0.2) is 47.0 Å². The first kappa shape index (κ1) is 17.6. The van der Waals surface area contributed by atoms with Crippen LogP contribution < -0.4 is 10.1 Å². The van der Waals surface area contributed by atoms with Crippen LogP contribution in [0.3, 0.4) is 0 Å². The van der Waals surface area contributed by atoms with Crippen molar-refractivity contribution in [1.29, 1.82) is 0 Å². The summed E-state index contributed by atoms with van der Waals surface area (Å²) in [6, 6.07) is 9.90. The molecule has 3 aromatic rings. The Kier molecular flexibility index (Phi) is 4.97. The monoisotopic (exact) mass is 358 g/mol. The van der Waals surface area contributed by atoms with Gasteiger partial charge < -0.3 is 14.6 Å². The molecule has 1 heterocycles. The first-order valence-corrected chi connectivity index (χ1v) is 7.85. The van der Waals surface area contributed by atoms with Gasteiger partial charge in [-0.1, -0.05) is 11.2 Å². The van der Waals surface area contributed by atoms with Crippen LogP contribution in [0.25, 0.3) is 0 Å². The minimum absolute atomic E-state index is 0.0198. The van der Waals surface area contributed by atoms with Gasteiger partial charge in [0.25, 0.3) is 5.91 Å². The lowest BCUT2D eigenvalue weighted by Crippen LogP contribution is -2.15. The predicted octanol–water partition coefficient (Wildman–Crippen LogP) is 4.40. The molecular formula is C19H16F2N2O3. The van der Waals surface area contributed by atoms with Gasteiger partial charge in [0.1, 0.15) is 29.8 Å². The van der Waals surface area contributed by atoms with Crippen LogP contribution in [0, 0.1) is 25.5 Å². The molecule has 0 aliphatic carbocycles. The summed E-state index contributed by atoms with van der Waals surface area (Å²) in [6.07, 6.45) is 0. The van der Waals surface area contributed by atoms with Crippen molar-refractivity contribution in [2.75, 3.05) is 5.32 Å². The van der Waals surface area contributed by atoms with E-state index in [-0.39, 0.29) is 18.1 Å². The van der Waals surface area contributed by atoms with Gasteiger partial charge in [-0.2, -0.15) is 0 Å². The third-order valence-corrected chi connectivity index (χ3v) is 3.83. The van der Waals surface area contributed by atoms with Crippen molar-refractivity contribution < 1.29 is 22.8 Å². The summed E-state index contributed by atoms with van der Waals surface area (Å²) in [5.41, 5.74) is 1.29. The van der Waals surface area contributed by atoms with Crippen molar-refractivity contribution in [2.24, 2.45) is 0 Å². The Hall–Kier alpha value is -3.22. The highest BCUT2D eigenvalue weighted by molar-refractivity contribution is 6.03. The molecule has 0 radical (unpaired) electrons. The number of aromatic nitrogens is 1. The van der Waals surface area contributed by atoms with Crippen molar-refractivity contribution in [2.45, 2.75) is 20.5 Å². The number of nitrogens with zero attached hydrogens (tertiary/aromatic N) is 1. The number of benzene rings is 2. The average Bonchev–Trinajstić information content (AvgIpc) is 2.98. The zero-order valence-corrected chi connectivity index (χ0v) is 14.2. The van der Waals surface area contributed by atoms with Gasteiger partial charge in [0.15, 0.2) is 5.69 Å². The van der Waals surface area contributed by atoms with E-state index in [2.05, 4.69) is 10.5 Å². The zero-order chi connectivity index (χ0) is 18.7. The molecule has 3 rings (SSSR count). The number of ether oxygens (including phenoxy) is 1. The van der Waals surface area contributed by atoms with Gasteiger partial charge in [-0.05, 0) is 55.8 Å². The zero-order valence-electron chi connectivity index (χ0n) is 14.2. The van der Waals surface area contributed by atoms with Crippen molar-refractivity contribution in [3.63, 3.8) is 0 Å². The molecule has 1 aromatic heterocycles. The number of halogens is 2. The molecule has 0 atom stereocenters. The van der Waals surface area contributed by atoms with E-state index in [4.69, 9.17) is 9.26 Å². The highest BCUT2D eigenvalue weighted by Crippen LogP contribution is 2.20. The smallest absolute Gasteiger partial charge is 0.278 e. The number of anilines is 1. The van der Waals surface area contributed by atoms with Gasteiger partial charge in [-0.3, -0.25) is 4.79 Å². The number of nitrogens with one attached hydrogen (secondary N) is 1. The topological polar surface area (TPSA) is 64.4 Å². The minimum atomic E-state index is -0.539. The summed E-state index contributed by atoms with van der Waals surface area (Å²) >= 11 is 0. The largest absolute Gasteiger partial charge is 0.489 e. The number of carbonyl (C=O) groups excluding carboxylic acids is 1. The maximum absolute atomic E-state index is 13.6. The fraction of sp³-hybridized carbons (Fsp3) is 0.158. The normalized spacial score (nSPS) is 10.6. The Labute approximate surface area is 148 Å². The van der Waals surface area contributed by atoms with Crippen molar-refractivity contribution in [3.05, 3.63) is 76.7 Å². The van der Waals surface area contributed by atoms with Gasteiger partial charge >= 0.3 is 0 Å². The maximum Gasteiger partial charge on any atom is 0.278 e. The number of amides is 1. The summed E-state index contributed by atoms with van der Waals surface area (Å²) in [6.45, 7) is 3.30. The van der Waals surface area contributed by atoms with Gasteiger partial charge in [0.05, 0.1) is 5.56 Å². The molecule has 134 valence electrons. The van der Waals surface area contributed by atoms with E-state index >= 15 is 0 Å². The first-order valence-electron chi connectivity index (χ1n) is 7.85. The lowest BCUT2D eigenvalue weighted by Gasteiger charge is -2.08. The molecule has 2 aromatic carbocycles. The van der Waals surface area contributed by atoms with E-state index in [1.54, 1.807) is 26.0 Å². The van der Waals surface area contributed by atoms with Gasteiger partial charge in [-0.25, -0.2) is 8.78 Å². The number of aryl methyl sites for hydroxylation is 2. The summed E-state index contributed by atoms with van der Waals surface area (Å²) in [5.74, 6) is -0.461. The number of carbonyl (C=O) groups is 1. The molecule has 0 fully saturated rings. The molecule has 1 N–H and O–H groups in total. The number of hydrogen-bond acceptors (Lipinski definition) is 4. The van der Waals surface area contributed by atoms with Crippen LogP contribution >= 0.6 is 0 Å². The molecule has 7 heteroatoms. The van der Waals surface area contributed by atoms with Crippen molar-refractivity contribution >= 4 is 11.6 Å². The lowest BCUT2D eigenvalue weighted by molar-refractivity contribution is 0.101. The minimum Gasteiger partial charge on any atom is -0.489 e. The molecule has 0 aliphatic rings. The van der Waals surface area contributed by atoms with Crippen molar-refractivity contribution in [1.82, 2.24) is 5.16 Å². The molecule has 1 amide bonds. The molecule has 0 aliphatic heterocycles. The third kappa shape index (κ3) is 3.88. The molecule has 26 heavy (non-hydrogen) atoms. The Balaban J connectivity index is 1.74. The first-order chi connectivity index (χ1) is 12.4. The van der Waals surface area contributed by atoms with Crippen LogP contribution in [0.1, 0.15) is 27.4 Å². The number of hydrogen-bond donors (Lipinski definition) is 1. The van der Waals surface area contributed by atoms with Crippen LogP contribution in [0.5, 0.6) is 5.75 Å². The maximum atomic E-state index is 13.6. The average molecular weight is 358 g/mol. The summed E-state index contributed by atoms with van der Waals surface area (Å²) in [4.78, 5) is 12.4. The number of rotatable bonds is 5. The Morgan fingerprint density at radius 2 is 1.88 bits per heavy atom. The second-order valence-electron chi connectivity index (χ2n) is 5.73. The van der Waals surface area contributed by atoms with Crippen LogP contribution in [-0.4, -0.2) is 11.1 Å². The van der Waals surface area contributed by atoms with E-state index in [0.717, 1.165) is 0 Å². The Bertz CT molecular complexity index is 936. The Morgan fingerprint density at radius 3 is 2.58 bits per heavy atom. The second-order valence-corrected chi connectivity index (χ2v) is 5.73. The predicted molar refractivity (Wildman–Crippen MR) is 91.1 cm³/mol. The van der Waals surface area contributed by atoms with Crippen molar-refractivity contribution in [3.8, 4) is 5.75 Å². The van der Waals surface area contributed by atoms with E-state index in [1.165, 1.54) is 30.3 Å². The highest BCUT2D eigenvalue weighted by atomic mass is 19.1. The van der Waals surface area contributed by atoms with E-state index in [9.17, 15) is 13.6 Å².